The number of halogens is 1. The van der Waals surface area contributed by atoms with E-state index in [-0.39, 0.29) is 26.6 Å². The van der Waals surface area contributed by atoms with Crippen LogP contribution in [0, 0.1) is 0 Å². The summed E-state index contributed by atoms with van der Waals surface area (Å²) in [6, 6.07) is 29.0. The Labute approximate surface area is 194 Å². The number of benzene rings is 3. The Morgan fingerprint density at radius 2 is 1.18 bits per heavy atom. The predicted octanol–water partition coefficient (Wildman–Crippen LogP) is 5.04. The van der Waals surface area contributed by atoms with Gasteiger partial charge in [-0.1, -0.05) is 91.0 Å². The van der Waals surface area contributed by atoms with E-state index in [0.29, 0.717) is 6.61 Å². The van der Waals surface area contributed by atoms with Crippen molar-refractivity contribution in [2.75, 3.05) is 13.4 Å². The average Bonchev–Trinajstić information content (AvgIpc) is 3.01. The van der Waals surface area contributed by atoms with E-state index >= 15 is 4.39 Å². The van der Waals surface area contributed by atoms with E-state index in [9.17, 15) is 0 Å². The molecule has 1 aliphatic heterocycles. The van der Waals surface area contributed by atoms with Gasteiger partial charge < -0.3 is 23.7 Å². The molecule has 4 unspecified atom stereocenters. The fourth-order valence-corrected chi connectivity index (χ4v) is 3.58. The normalized spacial score (nSPS) is 23.2. The molecule has 5 nitrogen and oxygen atoms in total. The summed E-state index contributed by atoms with van der Waals surface area (Å²) >= 11 is 0. The summed E-state index contributed by atoms with van der Waals surface area (Å²) in [6.45, 7) is 0.856. The highest BCUT2D eigenvalue weighted by atomic mass is 19.1. The van der Waals surface area contributed by atoms with E-state index in [1.807, 2.05) is 91.0 Å². The minimum atomic E-state index is -1.49. The number of hydrogen-bond donors (Lipinski definition) is 0. The van der Waals surface area contributed by atoms with Crippen molar-refractivity contribution in [1.29, 1.82) is 0 Å². The van der Waals surface area contributed by atoms with Gasteiger partial charge in [0.2, 0.25) is 0 Å². The molecular weight excluding hydrogens is 423 g/mol. The van der Waals surface area contributed by atoms with E-state index in [0.717, 1.165) is 16.7 Å². The second kappa shape index (κ2) is 12.6. The van der Waals surface area contributed by atoms with Crippen LogP contribution in [0.25, 0.3) is 0 Å². The van der Waals surface area contributed by atoms with Gasteiger partial charge in [0.05, 0.1) is 26.4 Å². The highest BCUT2D eigenvalue weighted by molar-refractivity contribution is 5.15. The third kappa shape index (κ3) is 7.19. The molecule has 174 valence electrons. The van der Waals surface area contributed by atoms with Crippen LogP contribution in [-0.2, 0) is 43.5 Å². The molecule has 33 heavy (non-hydrogen) atoms. The van der Waals surface area contributed by atoms with Crippen LogP contribution in [0.2, 0.25) is 0 Å². The van der Waals surface area contributed by atoms with Gasteiger partial charge in [0.25, 0.3) is 0 Å². The molecule has 0 amide bonds. The van der Waals surface area contributed by atoms with Crippen molar-refractivity contribution in [3.8, 4) is 0 Å². The molecule has 1 aliphatic rings. The summed E-state index contributed by atoms with van der Waals surface area (Å²) in [5, 5.41) is 0. The van der Waals surface area contributed by atoms with Gasteiger partial charge in [-0.2, -0.15) is 0 Å². The van der Waals surface area contributed by atoms with Gasteiger partial charge in [-0.25, -0.2) is 4.39 Å². The van der Waals surface area contributed by atoms with Crippen LogP contribution in [0.1, 0.15) is 16.7 Å². The Hall–Kier alpha value is -2.61. The summed E-state index contributed by atoms with van der Waals surface area (Å²) in [6.07, 6.45) is -4.21. The summed E-state index contributed by atoms with van der Waals surface area (Å²) in [5.74, 6) is 0. The third-order valence-electron chi connectivity index (χ3n) is 5.39. The topological polar surface area (TPSA) is 46.2 Å². The van der Waals surface area contributed by atoms with Crippen molar-refractivity contribution in [1.82, 2.24) is 0 Å². The van der Waals surface area contributed by atoms with Crippen LogP contribution < -0.4 is 0 Å². The van der Waals surface area contributed by atoms with Gasteiger partial charge >= 0.3 is 0 Å². The Morgan fingerprint density at radius 3 is 1.76 bits per heavy atom. The Bertz CT molecular complexity index is 925. The van der Waals surface area contributed by atoms with Gasteiger partial charge in [-0.3, -0.25) is 0 Å². The van der Waals surface area contributed by atoms with Gasteiger partial charge in [-0.05, 0) is 16.7 Å². The summed E-state index contributed by atoms with van der Waals surface area (Å²) in [5.41, 5.74) is 2.92. The standard InChI is InChI=1S/C27H29FO5/c28-25-24(19-29-16-21-10-4-1-5-11-21)32-20-33-27(31-18-23-14-8-3-9-15-23)26(25)30-17-22-12-6-2-7-13-22/h1-15,24-27H,16-20H2. The first kappa shape index (κ1) is 23.5. The highest BCUT2D eigenvalue weighted by Gasteiger charge is 2.41. The Morgan fingerprint density at radius 1 is 0.667 bits per heavy atom. The van der Waals surface area contributed by atoms with Crippen LogP contribution in [0.4, 0.5) is 4.39 Å². The quantitative estimate of drug-likeness (QED) is 0.431. The van der Waals surface area contributed by atoms with Gasteiger partial charge in [0.15, 0.2) is 19.3 Å². The first-order chi connectivity index (χ1) is 16.3. The van der Waals surface area contributed by atoms with Crippen molar-refractivity contribution in [2.45, 2.75) is 44.5 Å². The smallest absolute Gasteiger partial charge is 0.189 e. The maximum Gasteiger partial charge on any atom is 0.189 e. The molecule has 6 heteroatoms. The zero-order valence-electron chi connectivity index (χ0n) is 18.4. The van der Waals surface area contributed by atoms with Crippen LogP contribution in [0.15, 0.2) is 91.0 Å². The molecular formula is C27H29FO5. The average molecular weight is 453 g/mol. The molecule has 1 heterocycles. The fraction of sp³-hybridized carbons (Fsp3) is 0.333. The molecule has 4 atom stereocenters. The molecule has 3 aromatic carbocycles. The third-order valence-corrected chi connectivity index (χ3v) is 5.39. The molecule has 1 fully saturated rings. The zero-order valence-corrected chi connectivity index (χ0v) is 18.4. The van der Waals surface area contributed by atoms with Crippen LogP contribution >= 0.6 is 0 Å². The lowest BCUT2D eigenvalue weighted by atomic mass is 10.1. The lowest BCUT2D eigenvalue weighted by molar-refractivity contribution is -0.234. The molecule has 1 saturated heterocycles. The van der Waals surface area contributed by atoms with E-state index in [2.05, 4.69) is 0 Å². The molecule has 3 aromatic rings. The predicted molar refractivity (Wildman–Crippen MR) is 122 cm³/mol. The largest absolute Gasteiger partial charge is 0.374 e. The molecule has 0 radical (unpaired) electrons. The van der Waals surface area contributed by atoms with Crippen molar-refractivity contribution < 1.29 is 28.1 Å². The minimum Gasteiger partial charge on any atom is -0.374 e. The second-order valence-electron chi connectivity index (χ2n) is 7.86. The lowest BCUT2D eigenvalue weighted by Crippen LogP contribution is -2.45. The molecule has 0 aliphatic carbocycles. The summed E-state index contributed by atoms with van der Waals surface area (Å²) in [7, 11) is 0. The van der Waals surface area contributed by atoms with Crippen LogP contribution in [0.5, 0.6) is 0 Å². The summed E-state index contributed by atoms with van der Waals surface area (Å²) in [4.78, 5) is 0. The van der Waals surface area contributed by atoms with E-state index in [1.165, 1.54) is 0 Å². The molecule has 0 N–H and O–H groups in total. The fourth-order valence-electron chi connectivity index (χ4n) is 3.58. The first-order valence-corrected chi connectivity index (χ1v) is 11.1. The van der Waals surface area contributed by atoms with E-state index in [1.54, 1.807) is 0 Å². The van der Waals surface area contributed by atoms with Crippen molar-refractivity contribution in [3.05, 3.63) is 108 Å². The monoisotopic (exact) mass is 452 g/mol. The number of ether oxygens (including phenoxy) is 5. The number of hydrogen-bond acceptors (Lipinski definition) is 5. The minimum absolute atomic E-state index is 0.0794. The van der Waals surface area contributed by atoms with Crippen LogP contribution in [-0.4, -0.2) is 38.1 Å². The number of alkyl halides is 1. The maximum absolute atomic E-state index is 15.7. The lowest BCUT2D eigenvalue weighted by Gasteiger charge is -2.28. The molecule has 4 rings (SSSR count). The molecule has 0 bridgehead atoms. The molecule has 0 saturated carbocycles. The van der Waals surface area contributed by atoms with E-state index in [4.69, 9.17) is 23.7 Å². The Balaban J connectivity index is 1.40. The van der Waals surface area contributed by atoms with Crippen molar-refractivity contribution in [3.63, 3.8) is 0 Å². The van der Waals surface area contributed by atoms with Gasteiger partial charge in [0, 0.05) is 0 Å². The second-order valence-corrected chi connectivity index (χ2v) is 7.86. The van der Waals surface area contributed by atoms with Gasteiger partial charge in [0.1, 0.15) is 12.2 Å². The Kier molecular flexibility index (Phi) is 8.98. The SMILES string of the molecule is FC1C(COCc2ccccc2)OCOC(OCc2ccccc2)C1OCc1ccccc1. The maximum atomic E-state index is 15.7. The van der Waals surface area contributed by atoms with Crippen LogP contribution in [0.3, 0.4) is 0 Å². The zero-order chi connectivity index (χ0) is 22.7. The molecule has 0 spiro atoms. The van der Waals surface area contributed by atoms with E-state index < -0.39 is 24.7 Å². The van der Waals surface area contributed by atoms with Gasteiger partial charge in [-0.15, -0.1) is 0 Å². The first-order valence-electron chi connectivity index (χ1n) is 11.1. The highest BCUT2D eigenvalue weighted by Crippen LogP contribution is 2.25. The van der Waals surface area contributed by atoms with Crippen molar-refractivity contribution in [2.24, 2.45) is 0 Å². The molecule has 0 aromatic heterocycles. The number of rotatable bonds is 10. The summed E-state index contributed by atoms with van der Waals surface area (Å²) < 4.78 is 44.7. The van der Waals surface area contributed by atoms with Crippen molar-refractivity contribution >= 4 is 0 Å².